The number of carbonyl (C=O) groups excluding carboxylic acids is 2. The maximum atomic E-state index is 12.5. The van der Waals surface area contributed by atoms with E-state index in [1.165, 1.54) is 0 Å². The van der Waals surface area contributed by atoms with Gasteiger partial charge in [-0.1, -0.05) is 36.9 Å². The number of hydrogen-bond acceptors (Lipinski definition) is 8. The Morgan fingerprint density at radius 2 is 2.00 bits per heavy atom. The van der Waals surface area contributed by atoms with E-state index in [2.05, 4.69) is 44.1 Å². The summed E-state index contributed by atoms with van der Waals surface area (Å²) in [6.45, 7) is 5.89. The monoisotopic (exact) mass is 573 g/mol. The van der Waals surface area contributed by atoms with Gasteiger partial charge in [0.1, 0.15) is 9.22 Å². The van der Waals surface area contributed by atoms with E-state index in [0.29, 0.717) is 21.3 Å². The summed E-state index contributed by atoms with van der Waals surface area (Å²) in [5.41, 5.74) is 7.81. The first-order valence-corrected chi connectivity index (χ1v) is 11.8. The van der Waals surface area contributed by atoms with E-state index in [9.17, 15) is 9.59 Å². The van der Waals surface area contributed by atoms with Gasteiger partial charge in [-0.2, -0.15) is 4.98 Å². The molecule has 0 aliphatic heterocycles. The number of hydrogen-bond donors (Lipinski definition) is 1. The fourth-order valence-corrected chi connectivity index (χ4v) is 4.85. The highest BCUT2D eigenvalue weighted by atomic mass is 127. The average molecular weight is 573 g/mol. The van der Waals surface area contributed by atoms with E-state index in [4.69, 9.17) is 15.2 Å². The Bertz CT molecular complexity index is 1260. The van der Waals surface area contributed by atoms with Crippen LogP contribution in [0.5, 0.6) is 0 Å². The first-order valence-electron chi connectivity index (χ1n) is 10.8. The van der Waals surface area contributed by atoms with Crippen molar-refractivity contribution in [2.24, 2.45) is 11.8 Å². The SMILES string of the molecule is C=C(/C=C\C)C(=O)OC[C@H]1C[C@@H](n2cnc3nc(N)nc(I)c32)[C@@H]1COC(=O)c1ccccc1. The molecule has 0 amide bonds. The van der Waals surface area contributed by atoms with Gasteiger partial charge < -0.3 is 19.8 Å². The van der Waals surface area contributed by atoms with Gasteiger partial charge in [0.25, 0.3) is 0 Å². The summed E-state index contributed by atoms with van der Waals surface area (Å²) in [4.78, 5) is 37.6. The fraction of sp³-hybridized carbons (Fsp3) is 0.292. The summed E-state index contributed by atoms with van der Waals surface area (Å²) in [7, 11) is 0. The van der Waals surface area contributed by atoms with Crippen LogP contribution in [0.25, 0.3) is 11.2 Å². The lowest BCUT2D eigenvalue weighted by atomic mass is 9.69. The van der Waals surface area contributed by atoms with Crippen molar-refractivity contribution in [3.8, 4) is 0 Å². The topological polar surface area (TPSA) is 122 Å². The number of rotatable bonds is 8. The Balaban J connectivity index is 1.52. The summed E-state index contributed by atoms with van der Waals surface area (Å²) in [5, 5.41) is 0. The highest BCUT2D eigenvalue weighted by molar-refractivity contribution is 14.1. The van der Waals surface area contributed by atoms with Crippen LogP contribution in [0.15, 0.2) is 61.0 Å². The normalized spacial score (nSPS) is 19.6. The number of halogens is 1. The maximum Gasteiger partial charge on any atom is 0.338 e. The molecule has 0 spiro atoms. The molecular weight excluding hydrogens is 549 g/mol. The summed E-state index contributed by atoms with van der Waals surface area (Å²) < 4.78 is 13.8. The number of anilines is 1. The second kappa shape index (κ2) is 10.3. The largest absolute Gasteiger partial charge is 0.462 e. The Morgan fingerprint density at radius 1 is 1.24 bits per heavy atom. The third kappa shape index (κ3) is 4.96. The van der Waals surface area contributed by atoms with Gasteiger partial charge in [0.05, 0.1) is 30.7 Å². The molecule has 2 N–H and O–H groups in total. The second-order valence-electron chi connectivity index (χ2n) is 8.01. The van der Waals surface area contributed by atoms with Crippen LogP contribution in [-0.4, -0.2) is 44.7 Å². The van der Waals surface area contributed by atoms with Gasteiger partial charge in [-0.05, 0) is 48.1 Å². The van der Waals surface area contributed by atoms with Crippen LogP contribution in [0.2, 0.25) is 0 Å². The summed E-state index contributed by atoms with van der Waals surface area (Å²) in [5.74, 6) is -0.796. The molecular formula is C24H24IN5O4. The lowest BCUT2D eigenvalue weighted by Gasteiger charge is -2.44. The third-order valence-electron chi connectivity index (χ3n) is 5.88. The van der Waals surface area contributed by atoms with Crippen molar-refractivity contribution >= 4 is 51.6 Å². The van der Waals surface area contributed by atoms with Crippen molar-refractivity contribution < 1.29 is 19.1 Å². The number of carbonyl (C=O) groups is 2. The number of nitrogens with zero attached hydrogens (tertiary/aromatic N) is 4. The lowest BCUT2D eigenvalue weighted by molar-refractivity contribution is -0.143. The van der Waals surface area contributed by atoms with Gasteiger partial charge in [0.15, 0.2) is 5.65 Å². The lowest BCUT2D eigenvalue weighted by Crippen LogP contribution is -2.44. The zero-order valence-corrected chi connectivity index (χ0v) is 20.7. The predicted octanol–water partition coefficient (Wildman–Crippen LogP) is 3.72. The molecule has 3 aromatic rings. The Morgan fingerprint density at radius 3 is 2.74 bits per heavy atom. The predicted molar refractivity (Wildman–Crippen MR) is 135 cm³/mol. The quantitative estimate of drug-likeness (QED) is 0.142. The molecule has 176 valence electrons. The number of ether oxygens (including phenoxy) is 2. The van der Waals surface area contributed by atoms with Crippen LogP contribution < -0.4 is 5.73 Å². The van der Waals surface area contributed by atoms with Crippen LogP contribution in [0.3, 0.4) is 0 Å². The number of esters is 2. The van der Waals surface area contributed by atoms with Crippen LogP contribution in [0, 0.1) is 15.5 Å². The van der Waals surface area contributed by atoms with Crippen LogP contribution in [-0.2, 0) is 14.3 Å². The van der Waals surface area contributed by atoms with Gasteiger partial charge >= 0.3 is 11.9 Å². The summed E-state index contributed by atoms with van der Waals surface area (Å²) >= 11 is 2.11. The summed E-state index contributed by atoms with van der Waals surface area (Å²) in [6.07, 6.45) is 5.75. The molecule has 2 aromatic heterocycles. The second-order valence-corrected chi connectivity index (χ2v) is 9.03. The Kier molecular flexibility index (Phi) is 7.25. The number of imidazole rings is 1. The molecule has 3 atom stereocenters. The first-order chi connectivity index (χ1) is 16.4. The van der Waals surface area contributed by atoms with Crippen molar-refractivity contribution in [1.29, 1.82) is 0 Å². The number of benzene rings is 1. The first kappa shape index (κ1) is 23.9. The number of fused-ring (bicyclic) bond motifs is 1. The standard InChI is InChI=1S/C24H24IN5O4/c1-3-7-14(2)22(31)33-11-16-10-18(17(16)12-34-23(32)15-8-5-4-6-9-15)30-13-27-21-19(30)20(25)28-24(26)29-21/h3-9,13,16-18H,2,10-12H2,1H3,(H2,26,28,29)/b7-3-/t16-,17-,18-/m1/s1. The molecule has 34 heavy (non-hydrogen) atoms. The van der Waals surface area contributed by atoms with Gasteiger partial charge in [0, 0.05) is 17.9 Å². The van der Waals surface area contributed by atoms with Gasteiger partial charge in [-0.25, -0.2) is 19.6 Å². The maximum absolute atomic E-state index is 12.5. The molecule has 0 radical (unpaired) electrons. The van der Waals surface area contributed by atoms with Crippen LogP contribution in [0.4, 0.5) is 5.95 Å². The fourth-order valence-electron chi connectivity index (χ4n) is 4.08. The van der Waals surface area contributed by atoms with E-state index in [1.54, 1.807) is 49.7 Å². The van der Waals surface area contributed by atoms with Crippen molar-refractivity contribution in [2.75, 3.05) is 18.9 Å². The van der Waals surface area contributed by atoms with Crippen molar-refractivity contribution in [2.45, 2.75) is 19.4 Å². The van der Waals surface area contributed by atoms with E-state index < -0.39 is 11.9 Å². The molecule has 0 saturated heterocycles. The highest BCUT2D eigenvalue weighted by Gasteiger charge is 2.44. The van der Waals surface area contributed by atoms with Crippen molar-refractivity contribution in [1.82, 2.24) is 19.5 Å². The van der Waals surface area contributed by atoms with Crippen LogP contribution in [0.1, 0.15) is 29.7 Å². The smallest absolute Gasteiger partial charge is 0.338 e. The molecule has 1 saturated carbocycles. The number of aromatic nitrogens is 4. The molecule has 0 unspecified atom stereocenters. The number of nitrogens with two attached hydrogens (primary N) is 1. The van der Waals surface area contributed by atoms with Gasteiger partial charge in [0.2, 0.25) is 5.95 Å². The number of nitrogen functional groups attached to an aromatic ring is 1. The van der Waals surface area contributed by atoms with Gasteiger partial charge in [-0.3, -0.25) is 0 Å². The van der Waals surface area contributed by atoms with E-state index in [0.717, 1.165) is 5.52 Å². The Labute approximate surface area is 210 Å². The molecule has 0 bridgehead atoms. The van der Waals surface area contributed by atoms with E-state index in [1.807, 2.05) is 10.6 Å². The number of allylic oxidation sites excluding steroid dienone is 1. The Hall–Kier alpha value is -3.28. The molecule has 2 heterocycles. The minimum absolute atomic E-state index is 0.000686. The molecule has 1 aliphatic carbocycles. The zero-order chi connectivity index (χ0) is 24.2. The van der Waals surface area contributed by atoms with E-state index >= 15 is 0 Å². The third-order valence-corrected chi connectivity index (χ3v) is 6.63. The van der Waals surface area contributed by atoms with Crippen LogP contribution >= 0.6 is 22.6 Å². The van der Waals surface area contributed by atoms with Crippen molar-refractivity contribution in [3.63, 3.8) is 0 Å². The molecule has 4 rings (SSSR count). The molecule has 1 aromatic carbocycles. The molecule has 1 fully saturated rings. The molecule has 1 aliphatic rings. The zero-order valence-electron chi connectivity index (χ0n) is 18.6. The average Bonchev–Trinajstić information content (AvgIpc) is 3.22. The summed E-state index contributed by atoms with van der Waals surface area (Å²) in [6, 6.07) is 8.80. The minimum Gasteiger partial charge on any atom is -0.462 e. The minimum atomic E-state index is -0.465. The highest BCUT2D eigenvalue weighted by Crippen LogP contribution is 2.46. The molecule has 10 heteroatoms. The molecule has 9 nitrogen and oxygen atoms in total. The van der Waals surface area contributed by atoms with Crippen molar-refractivity contribution in [3.05, 3.63) is 70.2 Å². The van der Waals surface area contributed by atoms with E-state index in [-0.39, 0.29) is 42.6 Å². The van der Waals surface area contributed by atoms with Gasteiger partial charge in [-0.15, -0.1) is 0 Å².